The second-order valence-electron chi connectivity index (χ2n) is 9.81. The summed E-state index contributed by atoms with van der Waals surface area (Å²) >= 11 is 0. The fourth-order valence-electron chi connectivity index (χ4n) is 5.59. The molecule has 5 rings (SSSR count). The van der Waals surface area contributed by atoms with Crippen LogP contribution in [-0.4, -0.2) is 30.7 Å². The molecule has 10 heteroatoms. The molecule has 0 spiro atoms. The third-order valence-corrected chi connectivity index (χ3v) is 7.47. The minimum absolute atomic E-state index is 0.0211. The van der Waals surface area contributed by atoms with Crippen molar-refractivity contribution in [2.75, 3.05) is 13.7 Å². The Bertz CT molecular complexity index is 1320. The predicted octanol–water partition coefficient (Wildman–Crippen LogP) is 3.76. The summed E-state index contributed by atoms with van der Waals surface area (Å²) < 4.78 is 10.9. The molecule has 0 aromatic heterocycles. The van der Waals surface area contributed by atoms with Crippen LogP contribution in [-0.2, 0) is 11.3 Å². The van der Waals surface area contributed by atoms with E-state index in [0.717, 1.165) is 28.2 Å². The van der Waals surface area contributed by atoms with Gasteiger partial charge in [0.05, 0.1) is 30.8 Å². The third-order valence-electron chi connectivity index (χ3n) is 7.47. The standard InChI is InChI=1S/C29H33N5O5/c1-3-39-22-12-10-19(11-13-22)25-16-24(29(35)30-17-18-6-4-9-23(14-18)38-2)26-27(32-33-28(26)31-25)20-7-5-8-21(15-20)34(36)37/h4-15,24-28,31-33H,3,16-17H2,1-2H3,(H,30,35). The lowest BCUT2D eigenvalue weighted by Gasteiger charge is -2.40. The Morgan fingerprint density at radius 3 is 2.56 bits per heavy atom. The van der Waals surface area contributed by atoms with Crippen molar-refractivity contribution in [3.8, 4) is 11.5 Å². The molecule has 0 bridgehead atoms. The summed E-state index contributed by atoms with van der Waals surface area (Å²) in [6.07, 6.45) is 0.334. The summed E-state index contributed by atoms with van der Waals surface area (Å²) in [5.41, 5.74) is 9.39. The number of amides is 1. The SMILES string of the molecule is CCOc1ccc(C2CC(C(=O)NCc3cccc(OC)c3)C3C(NNC3c3cccc([N+](=O)[O-])c3)N2)cc1. The maximum Gasteiger partial charge on any atom is 0.269 e. The van der Waals surface area contributed by atoms with E-state index in [9.17, 15) is 14.9 Å². The van der Waals surface area contributed by atoms with Gasteiger partial charge >= 0.3 is 0 Å². The van der Waals surface area contributed by atoms with E-state index in [2.05, 4.69) is 21.5 Å². The third kappa shape index (κ3) is 5.88. The number of non-ortho nitro benzene ring substituents is 1. The van der Waals surface area contributed by atoms with E-state index in [-0.39, 0.29) is 41.7 Å². The van der Waals surface area contributed by atoms with E-state index in [1.54, 1.807) is 19.2 Å². The number of piperidine rings is 1. The first-order chi connectivity index (χ1) is 19.0. The molecule has 4 N–H and O–H groups in total. The smallest absolute Gasteiger partial charge is 0.269 e. The lowest BCUT2D eigenvalue weighted by Crippen LogP contribution is -2.54. The van der Waals surface area contributed by atoms with Crippen LogP contribution in [0.1, 0.15) is 42.1 Å². The van der Waals surface area contributed by atoms with Gasteiger partial charge in [0, 0.05) is 36.6 Å². The first-order valence-corrected chi connectivity index (χ1v) is 13.1. The number of nitrogens with zero attached hydrogens (tertiary/aromatic N) is 1. The molecule has 3 aromatic rings. The summed E-state index contributed by atoms with van der Waals surface area (Å²) in [5, 5.41) is 18.2. The van der Waals surface area contributed by atoms with Crippen molar-refractivity contribution in [3.63, 3.8) is 0 Å². The van der Waals surface area contributed by atoms with Gasteiger partial charge in [-0.1, -0.05) is 36.4 Å². The van der Waals surface area contributed by atoms with Gasteiger partial charge in [-0.2, -0.15) is 0 Å². The van der Waals surface area contributed by atoms with Crippen molar-refractivity contribution in [2.45, 2.75) is 38.1 Å². The summed E-state index contributed by atoms with van der Waals surface area (Å²) in [5.74, 6) is 0.913. The Morgan fingerprint density at radius 2 is 1.82 bits per heavy atom. The lowest BCUT2D eigenvalue weighted by atomic mass is 9.74. The Labute approximate surface area is 227 Å². The van der Waals surface area contributed by atoms with Crippen molar-refractivity contribution in [3.05, 3.63) is 99.6 Å². The molecule has 2 saturated heterocycles. The quantitative estimate of drug-likeness (QED) is 0.243. The van der Waals surface area contributed by atoms with E-state index in [1.165, 1.54) is 6.07 Å². The molecule has 3 aromatic carbocycles. The number of hydrazine groups is 1. The van der Waals surface area contributed by atoms with Crippen molar-refractivity contribution in [1.82, 2.24) is 21.5 Å². The number of nitrogens with one attached hydrogen (secondary N) is 4. The first-order valence-electron chi connectivity index (χ1n) is 13.1. The van der Waals surface area contributed by atoms with Gasteiger partial charge in [0.25, 0.3) is 5.69 Å². The molecular weight excluding hydrogens is 498 g/mol. The highest BCUT2D eigenvalue weighted by Gasteiger charge is 2.49. The number of ether oxygens (including phenoxy) is 2. The maximum absolute atomic E-state index is 13.8. The van der Waals surface area contributed by atoms with Gasteiger partial charge in [-0.15, -0.1) is 0 Å². The summed E-state index contributed by atoms with van der Waals surface area (Å²) in [6, 6.07) is 21.8. The summed E-state index contributed by atoms with van der Waals surface area (Å²) in [6.45, 7) is 2.91. The average molecular weight is 532 g/mol. The number of hydrogen-bond donors (Lipinski definition) is 4. The molecule has 2 aliphatic rings. The topological polar surface area (TPSA) is 127 Å². The molecule has 1 amide bonds. The van der Waals surface area contributed by atoms with Crippen molar-refractivity contribution in [1.29, 1.82) is 0 Å². The van der Waals surface area contributed by atoms with Gasteiger partial charge < -0.3 is 14.8 Å². The van der Waals surface area contributed by atoms with Gasteiger partial charge in [0.1, 0.15) is 11.5 Å². The average Bonchev–Trinajstić information content (AvgIpc) is 3.40. The van der Waals surface area contributed by atoms with Crippen LogP contribution in [0.25, 0.3) is 0 Å². The predicted molar refractivity (Wildman–Crippen MR) is 146 cm³/mol. The van der Waals surface area contributed by atoms with Gasteiger partial charge in [0.2, 0.25) is 5.91 Å². The highest BCUT2D eigenvalue weighted by atomic mass is 16.6. The van der Waals surface area contributed by atoms with Crippen LogP contribution < -0.4 is 31.0 Å². The number of fused-ring (bicyclic) bond motifs is 1. The number of carbonyl (C=O) groups is 1. The number of carbonyl (C=O) groups excluding carboxylic acids is 1. The lowest BCUT2D eigenvalue weighted by molar-refractivity contribution is -0.384. The molecule has 5 unspecified atom stereocenters. The molecule has 0 aliphatic carbocycles. The Kier molecular flexibility index (Phi) is 8.06. The molecule has 0 radical (unpaired) electrons. The number of nitro groups is 1. The fraction of sp³-hybridized carbons (Fsp3) is 0.345. The van der Waals surface area contributed by atoms with Crippen molar-refractivity contribution in [2.24, 2.45) is 11.8 Å². The Morgan fingerprint density at radius 1 is 1.03 bits per heavy atom. The number of benzene rings is 3. The highest BCUT2D eigenvalue weighted by Crippen LogP contribution is 2.43. The van der Waals surface area contributed by atoms with Crippen LogP contribution in [0.4, 0.5) is 5.69 Å². The molecule has 5 atom stereocenters. The van der Waals surface area contributed by atoms with Crippen LogP contribution in [0.2, 0.25) is 0 Å². The van der Waals surface area contributed by atoms with Crippen LogP contribution in [0, 0.1) is 22.0 Å². The van der Waals surface area contributed by atoms with Gasteiger partial charge in [-0.05, 0) is 54.3 Å². The molecular formula is C29H33N5O5. The second-order valence-corrected chi connectivity index (χ2v) is 9.81. The Balaban J connectivity index is 1.41. The van der Waals surface area contributed by atoms with E-state index >= 15 is 0 Å². The molecule has 39 heavy (non-hydrogen) atoms. The monoisotopic (exact) mass is 531 g/mol. The largest absolute Gasteiger partial charge is 0.497 e. The molecule has 10 nitrogen and oxygen atoms in total. The maximum atomic E-state index is 13.8. The zero-order valence-corrected chi connectivity index (χ0v) is 21.9. The molecule has 204 valence electrons. The zero-order valence-electron chi connectivity index (χ0n) is 21.9. The van der Waals surface area contributed by atoms with E-state index in [4.69, 9.17) is 9.47 Å². The van der Waals surface area contributed by atoms with Gasteiger partial charge in [-0.25, -0.2) is 10.9 Å². The minimum atomic E-state index is -0.400. The van der Waals surface area contributed by atoms with Crippen LogP contribution in [0.5, 0.6) is 11.5 Å². The Hall–Kier alpha value is -3.99. The van der Waals surface area contributed by atoms with Crippen molar-refractivity contribution >= 4 is 11.6 Å². The van der Waals surface area contributed by atoms with E-state index < -0.39 is 4.92 Å². The number of rotatable bonds is 9. The number of hydrogen-bond acceptors (Lipinski definition) is 8. The fourth-order valence-corrected chi connectivity index (χ4v) is 5.59. The van der Waals surface area contributed by atoms with Gasteiger partial charge in [-0.3, -0.25) is 20.2 Å². The molecule has 0 saturated carbocycles. The van der Waals surface area contributed by atoms with E-state index in [1.807, 2.05) is 61.5 Å². The van der Waals surface area contributed by atoms with Crippen molar-refractivity contribution < 1.29 is 19.2 Å². The van der Waals surface area contributed by atoms with Crippen LogP contribution >= 0.6 is 0 Å². The number of nitro benzene ring substituents is 1. The molecule has 2 aliphatic heterocycles. The molecule has 2 heterocycles. The van der Waals surface area contributed by atoms with E-state index in [0.29, 0.717) is 19.6 Å². The molecule has 2 fully saturated rings. The minimum Gasteiger partial charge on any atom is -0.497 e. The normalized spacial score (nSPS) is 24.0. The highest BCUT2D eigenvalue weighted by molar-refractivity contribution is 5.79. The number of methoxy groups -OCH3 is 1. The van der Waals surface area contributed by atoms with Gasteiger partial charge in [0.15, 0.2) is 0 Å². The second kappa shape index (κ2) is 11.8. The summed E-state index contributed by atoms with van der Waals surface area (Å²) in [7, 11) is 1.61. The zero-order chi connectivity index (χ0) is 27.4. The summed E-state index contributed by atoms with van der Waals surface area (Å²) in [4.78, 5) is 24.8. The first kappa shape index (κ1) is 26.6. The van der Waals surface area contributed by atoms with Crippen LogP contribution in [0.3, 0.4) is 0 Å². The van der Waals surface area contributed by atoms with Crippen LogP contribution in [0.15, 0.2) is 72.8 Å².